The number of hydrogen-bond donors (Lipinski definition) is 3. The first-order chi connectivity index (χ1) is 10.6. The molecule has 0 saturated carbocycles. The number of phenolic OH excluding ortho intramolecular Hbond substituents is 1. The zero-order valence-electron chi connectivity index (χ0n) is 12.0. The molecule has 0 fully saturated rings. The molecule has 0 aliphatic heterocycles. The van der Waals surface area contributed by atoms with E-state index < -0.39 is 0 Å². The van der Waals surface area contributed by atoms with Gasteiger partial charge < -0.3 is 15.2 Å². The van der Waals surface area contributed by atoms with Crippen LogP contribution in [0, 0.1) is 0 Å². The molecule has 0 saturated heterocycles. The van der Waals surface area contributed by atoms with Gasteiger partial charge in [0.1, 0.15) is 11.5 Å². The third-order valence-electron chi connectivity index (χ3n) is 2.76. The van der Waals surface area contributed by atoms with Gasteiger partial charge in [0.15, 0.2) is 5.11 Å². The van der Waals surface area contributed by atoms with Crippen molar-refractivity contribution in [2.45, 2.75) is 6.92 Å². The molecule has 0 aliphatic rings. The van der Waals surface area contributed by atoms with Crippen molar-refractivity contribution in [2.24, 2.45) is 0 Å². The van der Waals surface area contributed by atoms with Crippen LogP contribution in [-0.2, 0) is 0 Å². The van der Waals surface area contributed by atoms with Gasteiger partial charge in [-0.15, -0.1) is 0 Å². The molecule has 22 heavy (non-hydrogen) atoms. The van der Waals surface area contributed by atoms with E-state index in [1.54, 1.807) is 42.5 Å². The molecular formula is C16H16N2O3S. The third kappa shape index (κ3) is 4.46. The van der Waals surface area contributed by atoms with E-state index in [9.17, 15) is 9.90 Å². The number of carbonyl (C=O) groups is 1. The fraction of sp³-hybridized carbons (Fsp3) is 0.125. The third-order valence-corrected chi connectivity index (χ3v) is 2.96. The molecule has 0 aliphatic carbocycles. The van der Waals surface area contributed by atoms with E-state index >= 15 is 0 Å². The van der Waals surface area contributed by atoms with Crippen LogP contribution in [0.25, 0.3) is 0 Å². The molecule has 0 unspecified atom stereocenters. The van der Waals surface area contributed by atoms with Gasteiger partial charge in [-0.3, -0.25) is 10.1 Å². The highest BCUT2D eigenvalue weighted by Crippen LogP contribution is 2.15. The fourth-order valence-corrected chi connectivity index (χ4v) is 2.00. The highest BCUT2D eigenvalue weighted by molar-refractivity contribution is 7.80. The summed E-state index contributed by atoms with van der Waals surface area (Å²) < 4.78 is 5.32. The van der Waals surface area contributed by atoms with Gasteiger partial charge in [0.25, 0.3) is 5.91 Å². The first-order valence-electron chi connectivity index (χ1n) is 6.72. The van der Waals surface area contributed by atoms with Crippen LogP contribution in [0.1, 0.15) is 17.3 Å². The fourth-order valence-electron chi connectivity index (χ4n) is 1.79. The number of ether oxygens (including phenoxy) is 1. The summed E-state index contributed by atoms with van der Waals surface area (Å²) in [4.78, 5) is 12.1. The number of amides is 1. The number of carbonyl (C=O) groups excluding carboxylic acids is 1. The first kappa shape index (κ1) is 15.8. The van der Waals surface area contributed by atoms with Crippen molar-refractivity contribution in [1.82, 2.24) is 5.32 Å². The van der Waals surface area contributed by atoms with Crippen molar-refractivity contribution >= 4 is 28.9 Å². The molecular weight excluding hydrogens is 300 g/mol. The molecule has 6 heteroatoms. The molecule has 0 heterocycles. The summed E-state index contributed by atoms with van der Waals surface area (Å²) in [5.74, 6) is 0.505. The SMILES string of the molecule is CCOc1ccc(C(=O)NC(=S)Nc2cccc(O)c2)cc1. The summed E-state index contributed by atoms with van der Waals surface area (Å²) in [6, 6.07) is 13.2. The summed E-state index contributed by atoms with van der Waals surface area (Å²) in [5.41, 5.74) is 1.07. The van der Waals surface area contributed by atoms with Crippen LogP contribution in [0.15, 0.2) is 48.5 Å². The second kappa shape index (κ2) is 7.42. The molecule has 2 aromatic rings. The molecule has 0 radical (unpaired) electrons. The van der Waals surface area contributed by atoms with E-state index in [0.717, 1.165) is 0 Å². The number of thiocarbonyl (C=S) groups is 1. The van der Waals surface area contributed by atoms with Crippen molar-refractivity contribution in [1.29, 1.82) is 0 Å². The monoisotopic (exact) mass is 316 g/mol. The number of aromatic hydroxyl groups is 1. The maximum atomic E-state index is 12.1. The number of anilines is 1. The Morgan fingerprint density at radius 1 is 1.23 bits per heavy atom. The van der Waals surface area contributed by atoms with E-state index in [1.165, 1.54) is 6.07 Å². The highest BCUT2D eigenvalue weighted by atomic mass is 32.1. The van der Waals surface area contributed by atoms with Crippen molar-refractivity contribution in [2.75, 3.05) is 11.9 Å². The molecule has 0 aromatic heterocycles. The van der Waals surface area contributed by atoms with Gasteiger partial charge in [-0.2, -0.15) is 0 Å². The summed E-state index contributed by atoms with van der Waals surface area (Å²) >= 11 is 5.07. The Balaban J connectivity index is 1.94. The van der Waals surface area contributed by atoms with Crippen LogP contribution >= 0.6 is 12.2 Å². The Morgan fingerprint density at radius 3 is 2.59 bits per heavy atom. The lowest BCUT2D eigenvalue weighted by Gasteiger charge is -2.10. The molecule has 5 nitrogen and oxygen atoms in total. The van der Waals surface area contributed by atoms with Crippen LogP contribution in [0.5, 0.6) is 11.5 Å². The molecule has 1 amide bonds. The second-order valence-corrected chi connectivity index (χ2v) is 4.82. The topological polar surface area (TPSA) is 70.6 Å². The summed E-state index contributed by atoms with van der Waals surface area (Å²) in [6.07, 6.45) is 0. The average Bonchev–Trinajstić information content (AvgIpc) is 2.48. The second-order valence-electron chi connectivity index (χ2n) is 4.42. The van der Waals surface area contributed by atoms with Crippen LogP contribution in [0.2, 0.25) is 0 Å². The minimum Gasteiger partial charge on any atom is -0.508 e. The molecule has 0 bridgehead atoms. The summed E-state index contributed by atoms with van der Waals surface area (Å²) in [7, 11) is 0. The van der Waals surface area contributed by atoms with Crippen LogP contribution in [0.3, 0.4) is 0 Å². The van der Waals surface area contributed by atoms with Crippen molar-refractivity contribution < 1.29 is 14.6 Å². The predicted octanol–water partition coefficient (Wildman–Crippen LogP) is 2.92. The normalized spacial score (nSPS) is 9.86. The standard InChI is InChI=1S/C16H16N2O3S/c1-2-21-14-8-6-11(7-9-14)15(20)18-16(22)17-12-4-3-5-13(19)10-12/h3-10,19H,2H2,1H3,(H2,17,18,20,22). The summed E-state index contributed by atoms with van der Waals surface area (Å²) in [5, 5.41) is 14.9. The number of hydrogen-bond acceptors (Lipinski definition) is 4. The number of phenols is 1. The van der Waals surface area contributed by atoms with Crippen LogP contribution < -0.4 is 15.4 Å². The van der Waals surface area contributed by atoms with Gasteiger partial charge in [0, 0.05) is 17.3 Å². The average molecular weight is 316 g/mol. The molecule has 2 rings (SSSR count). The Labute approximate surface area is 133 Å². The van der Waals surface area contributed by atoms with E-state index in [2.05, 4.69) is 10.6 Å². The maximum Gasteiger partial charge on any atom is 0.257 e. The van der Waals surface area contributed by atoms with Gasteiger partial charge in [-0.05, 0) is 55.5 Å². The lowest BCUT2D eigenvalue weighted by molar-refractivity contribution is 0.0977. The van der Waals surface area contributed by atoms with Gasteiger partial charge in [0.2, 0.25) is 0 Å². The van der Waals surface area contributed by atoms with Crippen LogP contribution in [0.4, 0.5) is 5.69 Å². The number of rotatable bonds is 4. The Hall–Kier alpha value is -2.60. The minimum absolute atomic E-state index is 0.116. The largest absolute Gasteiger partial charge is 0.508 e. The zero-order chi connectivity index (χ0) is 15.9. The molecule has 114 valence electrons. The van der Waals surface area contributed by atoms with Gasteiger partial charge in [-0.1, -0.05) is 6.07 Å². The molecule has 0 atom stereocenters. The zero-order valence-corrected chi connectivity index (χ0v) is 12.8. The molecule has 0 spiro atoms. The minimum atomic E-state index is -0.319. The van der Waals surface area contributed by atoms with E-state index in [1.807, 2.05) is 6.92 Å². The van der Waals surface area contributed by atoms with E-state index in [0.29, 0.717) is 23.6 Å². The predicted molar refractivity (Wildman–Crippen MR) is 89.4 cm³/mol. The first-order valence-corrected chi connectivity index (χ1v) is 7.13. The van der Waals surface area contributed by atoms with Crippen LogP contribution in [-0.4, -0.2) is 22.7 Å². The van der Waals surface area contributed by atoms with Crippen molar-refractivity contribution in [3.63, 3.8) is 0 Å². The molecule has 2 aromatic carbocycles. The Kier molecular flexibility index (Phi) is 5.32. The van der Waals surface area contributed by atoms with E-state index in [4.69, 9.17) is 17.0 Å². The lowest BCUT2D eigenvalue weighted by atomic mass is 10.2. The Morgan fingerprint density at radius 2 is 1.95 bits per heavy atom. The Bertz CT molecular complexity index is 671. The van der Waals surface area contributed by atoms with E-state index in [-0.39, 0.29) is 16.8 Å². The highest BCUT2D eigenvalue weighted by Gasteiger charge is 2.08. The quantitative estimate of drug-likeness (QED) is 0.757. The number of nitrogens with one attached hydrogen (secondary N) is 2. The van der Waals surface area contributed by atoms with Gasteiger partial charge in [-0.25, -0.2) is 0 Å². The van der Waals surface area contributed by atoms with Gasteiger partial charge in [0.05, 0.1) is 6.61 Å². The van der Waals surface area contributed by atoms with Crippen molar-refractivity contribution in [3.05, 3.63) is 54.1 Å². The molecule has 3 N–H and O–H groups in total. The number of benzene rings is 2. The maximum absolute atomic E-state index is 12.1. The summed E-state index contributed by atoms with van der Waals surface area (Å²) in [6.45, 7) is 2.47. The van der Waals surface area contributed by atoms with Crippen molar-refractivity contribution in [3.8, 4) is 11.5 Å². The van der Waals surface area contributed by atoms with Gasteiger partial charge >= 0.3 is 0 Å². The lowest BCUT2D eigenvalue weighted by Crippen LogP contribution is -2.34. The smallest absolute Gasteiger partial charge is 0.257 e.